The van der Waals surface area contributed by atoms with Gasteiger partial charge in [-0.05, 0) is 54.9 Å². The summed E-state index contributed by atoms with van der Waals surface area (Å²) in [7, 11) is 1.67. The maximum Gasteiger partial charge on any atom is 0.343 e. The normalized spacial score (nSPS) is 22.5. The Hall–Kier alpha value is -2.05. The fraction of sp³-hybridized carbons (Fsp3) is 0.600. The van der Waals surface area contributed by atoms with Crippen molar-refractivity contribution in [3.05, 3.63) is 40.1 Å². The van der Waals surface area contributed by atoms with Gasteiger partial charge in [-0.25, -0.2) is 4.79 Å². The minimum absolute atomic E-state index is 0.124. The number of rotatable bonds is 7. The summed E-state index contributed by atoms with van der Waals surface area (Å²) >= 11 is 6.58. The summed E-state index contributed by atoms with van der Waals surface area (Å²) in [5.74, 6) is -0.0378. The lowest BCUT2D eigenvalue weighted by molar-refractivity contribution is -0.141. The van der Waals surface area contributed by atoms with Gasteiger partial charge in [0.05, 0.1) is 24.3 Å². The molecule has 0 saturated heterocycles. The number of carbonyl (C=O) groups is 2. The number of hydrogen-bond acceptors (Lipinski definition) is 6. The Kier molecular flexibility index (Phi) is 6.29. The molecule has 1 spiro atoms. The fourth-order valence-corrected chi connectivity index (χ4v) is 6.07. The highest BCUT2D eigenvalue weighted by atomic mass is 35.5. The highest BCUT2D eigenvalue weighted by Gasteiger charge is 2.57. The van der Waals surface area contributed by atoms with E-state index in [9.17, 15) is 9.59 Å². The molecule has 1 unspecified atom stereocenters. The monoisotopic (exact) mass is 461 g/mol. The molecular weight excluding hydrogens is 430 g/mol. The number of nitrogens with zero attached hydrogens (tertiary/aromatic N) is 1. The predicted octanol–water partition coefficient (Wildman–Crippen LogP) is 4.63. The summed E-state index contributed by atoms with van der Waals surface area (Å²) < 4.78 is 16.2. The molecular formula is C25H32ClNO5. The van der Waals surface area contributed by atoms with Gasteiger partial charge in [0.2, 0.25) is 0 Å². The maximum atomic E-state index is 12.9. The largest absolute Gasteiger partial charge is 0.492 e. The molecule has 1 fully saturated rings. The quantitative estimate of drug-likeness (QED) is 0.335. The average molecular weight is 462 g/mol. The number of fused-ring (bicyclic) bond motifs is 4. The van der Waals surface area contributed by atoms with Gasteiger partial charge >= 0.3 is 5.97 Å². The van der Waals surface area contributed by atoms with Crippen molar-refractivity contribution in [2.75, 3.05) is 26.9 Å². The molecule has 6 nitrogen and oxygen atoms in total. The lowest BCUT2D eigenvalue weighted by atomic mass is 9.54. The molecule has 1 aromatic rings. The van der Waals surface area contributed by atoms with E-state index < -0.39 is 5.97 Å². The van der Waals surface area contributed by atoms with E-state index in [2.05, 4.69) is 18.7 Å². The second-order valence-electron chi connectivity index (χ2n) is 9.91. The molecule has 7 heteroatoms. The van der Waals surface area contributed by atoms with E-state index in [1.807, 2.05) is 12.1 Å². The molecule has 32 heavy (non-hydrogen) atoms. The van der Waals surface area contributed by atoms with E-state index in [0.29, 0.717) is 24.0 Å². The van der Waals surface area contributed by atoms with Crippen molar-refractivity contribution in [3.63, 3.8) is 0 Å². The SMILES string of the molecule is CCOC(=O)C1=CN2C(CC1=O)c1cc(Cl)c(OCCCOC)cc1CC21CC(C)(C)C1. The molecule has 0 amide bonds. The highest BCUT2D eigenvalue weighted by Crippen LogP contribution is 2.59. The van der Waals surface area contributed by atoms with Gasteiger partial charge in [0.1, 0.15) is 11.3 Å². The minimum atomic E-state index is -0.534. The molecule has 0 bridgehead atoms. The molecule has 1 aromatic carbocycles. The van der Waals surface area contributed by atoms with Crippen LogP contribution in [0.5, 0.6) is 5.75 Å². The van der Waals surface area contributed by atoms with Crippen molar-refractivity contribution in [1.29, 1.82) is 0 Å². The van der Waals surface area contributed by atoms with Gasteiger partial charge in [-0.1, -0.05) is 25.4 Å². The first-order chi connectivity index (χ1) is 15.2. The molecule has 2 heterocycles. The Labute approximate surface area is 194 Å². The smallest absolute Gasteiger partial charge is 0.343 e. The summed E-state index contributed by atoms with van der Waals surface area (Å²) in [5.41, 5.74) is 2.46. The summed E-state index contributed by atoms with van der Waals surface area (Å²) in [5, 5.41) is 0.540. The molecule has 3 aliphatic rings. The van der Waals surface area contributed by atoms with Crippen LogP contribution in [0.4, 0.5) is 0 Å². The summed E-state index contributed by atoms with van der Waals surface area (Å²) in [6.07, 6.45) is 5.59. The number of esters is 1. The summed E-state index contributed by atoms with van der Waals surface area (Å²) in [6.45, 7) is 7.69. The van der Waals surface area contributed by atoms with Gasteiger partial charge in [0.25, 0.3) is 0 Å². The van der Waals surface area contributed by atoms with Crippen molar-refractivity contribution >= 4 is 23.4 Å². The Morgan fingerprint density at radius 3 is 2.66 bits per heavy atom. The Morgan fingerprint density at radius 2 is 2.00 bits per heavy atom. The van der Waals surface area contributed by atoms with Crippen molar-refractivity contribution < 1.29 is 23.8 Å². The predicted molar refractivity (Wildman–Crippen MR) is 122 cm³/mol. The second kappa shape index (κ2) is 8.71. The van der Waals surface area contributed by atoms with Crippen molar-refractivity contribution in [2.24, 2.45) is 5.41 Å². The van der Waals surface area contributed by atoms with Crippen LogP contribution in [0.3, 0.4) is 0 Å². The van der Waals surface area contributed by atoms with E-state index in [1.165, 1.54) is 5.56 Å². The lowest BCUT2D eigenvalue weighted by Gasteiger charge is -2.63. The van der Waals surface area contributed by atoms with E-state index >= 15 is 0 Å². The molecule has 0 N–H and O–H groups in total. The Bertz CT molecular complexity index is 946. The van der Waals surface area contributed by atoms with Crippen LogP contribution in [0, 0.1) is 5.41 Å². The first-order valence-electron chi connectivity index (χ1n) is 11.3. The number of ketones is 1. The van der Waals surface area contributed by atoms with Gasteiger partial charge in [0, 0.05) is 38.3 Å². The molecule has 1 saturated carbocycles. The molecule has 4 rings (SSSR count). The van der Waals surface area contributed by atoms with Gasteiger partial charge in [-0.2, -0.15) is 0 Å². The van der Waals surface area contributed by atoms with Crippen molar-refractivity contribution in [2.45, 2.75) is 64.5 Å². The molecule has 1 atom stereocenters. The Morgan fingerprint density at radius 1 is 1.25 bits per heavy atom. The highest BCUT2D eigenvalue weighted by molar-refractivity contribution is 6.32. The van der Waals surface area contributed by atoms with Crippen molar-refractivity contribution in [1.82, 2.24) is 4.90 Å². The first kappa shape index (κ1) is 23.1. The number of hydrogen-bond donors (Lipinski definition) is 0. The Balaban J connectivity index is 1.70. The van der Waals surface area contributed by atoms with Crippen LogP contribution in [-0.4, -0.2) is 49.1 Å². The van der Waals surface area contributed by atoms with Crippen LogP contribution in [0.15, 0.2) is 23.9 Å². The second-order valence-corrected chi connectivity index (χ2v) is 10.3. The van der Waals surface area contributed by atoms with Gasteiger partial charge in [-0.3, -0.25) is 4.79 Å². The van der Waals surface area contributed by atoms with E-state index in [1.54, 1.807) is 20.2 Å². The third-order valence-electron chi connectivity index (χ3n) is 6.76. The zero-order valence-electron chi connectivity index (χ0n) is 19.3. The van der Waals surface area contributed by atoms with Crippen LogP contribution in [0.2, 0.25) is 5.02 Å². The number of Topliss-reactive ketones (excluding diaryl/α,β-unsaturated/α-hetero) is 1. The van der Waals surface area contributed by atoms with Crippen LogP contribution in [0.1, 0.15) is 63.6 Å². The topological polar surface area (TPSA) is 65.1 Å². The summed E-state index contributed by atoms with van der Waals surface area (Å²) in [6, 6.07) is 3.85. The number of methoxy groups -OCH3 is 1. The third kappa shape index (κ3) is 4.15. The van der Waals surface area contributed by atoms with Crippen LogP contribution in [0.25, 0.3) is 0 Å². The standard InChI is InChI=1S/C25H32ClNO5/c1-5-31-23(29)18-13-27-20(11-21(18)28)17-10-19(26)22(32-8-6-7-30-4)9-16(17)12-25(27)14-24(2,3)15-25/h9-10,13,20H,5-8,11-12,14-15H2,1-4H3. The molecule has 1 aliphatic carbocycles. The number of carbonyl (C=O) groups excluding carboxylic acids is 2. The maximum absolute atomic E-state index is 12.9. The van der Waals surface area contributed by atoms with E-state index in [0.717, 1.165) is 31.2 Å². The van der Waals surface area contributed by atoms with Crippen molar-refractivity contribution in [3.8, 4) is 5.75 Å². The van der Waals surface area contributed by atoms with Gasteiger partial charge < -0.3 is 19.1 Å². The van der Waals surface area contributed by atoms with Gasteiger partial charge in [0.15, 0.2) is 5.78 Å². The molecule has 0 aromatic heterocycles. The minimum Gasteiger partial charge on any atom is -0.492 e. The fourth-order valence-electron chi connectivity index (χ4n) is 5.84. The van der Waals surface area contributed by atoms with Crippen LogP contribution < -0.4 is 4.74 Å². The third-order valence-corrected chi connectivity index (χ3v) is 7.06. The first-order valence-corrected chi connectivity index (χ1v) is 11.7. The van der Waals surface area contributed by atoms with E-state index in [-0.39, 0.29) is 41.4 Å². The summed E-state index contributed by atoms with van der Waals surface area (Å²) in [4.78, 5) is 27.6. The zero-order chi connectivity index (χ0) is 23.1. The lowest BCUT2D eigenvalue weighted by Crippen LogP contribution is -2.63. The number of ether oxygens (including phenoxy) is 3. The van der Waals surface area contributed by atoms with E-state index in [4.69, 9.17) is 25.8 Å². The molecule has 174 valence electrons. The van der Waals surface area contributed by atoms with Gasteiger partial charge in [-0.15, -0.1) is 0 Å². The number of halogens is 1. The average Bonchev–Trinajstić information content (AvgIpc) is 2.70. The van der Waals surface area contributed by atoms with Crippen LogP contribution in [-0.2, 0) is 25.5 Å². The molecule has 2 aliphatic heterocycles. The number of benzene rings is 1. The van der Waals surface area contributed by atoms with Crippen LogP contribution >= 0.6 is 11.6 Å². The zero-order valence-corrected chi connectivity index (χ0v) is 20.1. The molecule has 0 radical (unpaired) electrons.